The van der Waals surface area contributed by atoms with Gasteiger partial charge in [0.05, 0.1) is 12.1 Å². The smallest absolute Gasteiger partial charge is 0.235 e. The highest BCUT2D eigenvalue weighted by molar-refractivity contribution is 9.10. The zero-order chi connectivity index (χ0) is 13.0. The Kier molecular flexibility index (Phi) is 4.33. The molecule has 1 aromatic rings. The number of benzene rings is 1. The Morgan fingerprint density at radius 2 is 2.17 bits per heavy atom. The molecule has 1 saturated carbocycles. The Morgan fingerprint density at radius 1 is 1.44 bits per heavy atom. The van der Waals surface area contributed by atoms with Crippen LogP contribution in [-0.2, 0) is 21.7 Å². The van der Waals surface area contributed by atoms with Gasteiger partial charge in [-0.15, -0.1) is 0 Å². The SMILES string of the molecule is COCc1cccc(Br)c1C1(N=C=O)CCCC1. The molecule has 96 valence electrons. The lowest BCUT2D eigenvalue weighted by Crippen LogP contribution is -2.22. The van der Waals surface area contributed by atoms with Crippen molar-refractivity contribution in [2.75, 3.05) is 7.11 Å². The zero-order valence-electron chi connectivity index (χ0n) is 10.4. The van der Waals surface area contributed by atoms with Crippen LogP contribution in [0.3, 0.4) is 0 Å². The quantitative estimate of drug-likeness (QED) is 0.628. The highest BCUT2D eigenvalue weighted by atomic mass is 79.9. The Morgan fingerprint density at radius 3 is 2.78 bits per heavy atom. The summed E-state index contributed by atoms with van der Waals surface area (Å²) in [4.78, 5) is 14.9. The summed E-state index contributed by atoms with van der Waals surface area (Å²) in [5.74, 6) is 0. The fraction of sp³-hybridized carbons (Fsp3) is 0.500. The van der Waals surface area contributed by atoms with Crippen LogP contribution in [0.4, 0.5) is 0 Å². The molecule has 1 aliphatic rings. The zero-order valence-corrected chi connectivity index (χ0v) is 12.0. The topological polar surface area (TPSA) is 38.7 Å². The first-order chi connectivity index (χ1) is 8.73. The van der Waals surface area contributed by atoms with Crippen LogP contribution in [0.25, 0.3) is 0 Å². The Labute approximate surface area is 115 Å². The van der Waals surface area contributed by atoms with Crippen molar-refractivity contribution in [3.63, 3.8) is 0 Å². The highest BCUT2D eigenvalue weighted by Gasteiger charge is 2.38. The molecule has 18 heavy (non-hydrogen) atoms. The first-order valence-corrected chi connectivity index (χ1v) is 6.88. The molecule has 0 radical (unpaired) electrons. The van der Waals surface area contributed by atoms with E-state index in [-0.39, 0.29) is 0 Å². The van der Waals surface area contributed by atoms with Gasteiger partial charge < -0.3 is 4.74 Å². The molecule has 2 rings (SSSR count). The van der Waals surface area contributed by atoms with Crippen molar-refractivity contribution in [1.29, 1.82) is 0 Å². The molecule has 1 fully saturated rings. The van der Waals surface area contributed by atoms with Crippen molar-refractivity contribution in [1.82, 2.24) is 0 Å². The third-order valence-electron chi connectivity index (χ3n) is 3.56. The number of nitrogens with zero attached hydrogens (tertiary/aromatic N) is 1. The fourth-order valence-corrected chi connectivity index (χ4v) is 3.61. The van der Waals surface area contributed by atoms with E-state index in [9.17, 15) is 4.79 Å². The number of methoxy groups -OCH3 is 1. The maximum atomic E-state index is 10.8. The number of rotatable bonds is 4. The number of isocyanates is 1. The maximum absolute atomic E-state index is 10.8. The molecule has 0 saturated heterocycles. The third kappa shape index (κ3) is 2.41. The standard InChI is InChI=1S/C14H16BrNO2/c1-18-9-11-5-4-6-12(15)13(11)14(16-10-17)7-2-3-8-14/h4-6H,2-3,7-9H2,1H3. The van der Waals surface area contributed by atoms with Crippen LogP contribution < -0.4 is 0 Å². The van der Waals surface area contributed by atoms with E-state index in [0.29, 0.717) is 6.61 Å². The van der Waals surface area contributed by atoms with Gasteiger partial charge in [-0.2, -0.15) is 4.99 Å². The van der Waals surface area contributed by atoms with E-state index in [0.717, 1.165) is 41.3 Å². The maximum Gasteiger partial charge on any atom is 0.235 e. The average Bonchev–Trinajstić information content (AvgIpc) is 2.79. The third-order valence-corrected chi connectivity index (χ3v) is 4.22. The second-order valence-electron chi connectivity index (χ2n) is 4.65. The minimum absolute atomic E-state index is 0.407. The monoisotopic (exact) mass is 309 g/mol. The minimum atomic E-state index is -0.407. The number of hydrogen-bond donors (Lipinski definition) is 0. The van der Waals surface area contributed by atoms with E-state index < -0.39 is 5.54 Å². The lowest BCUT2D eigenvalue weighted by molar-refractivity contribution is 0.182. The van der Waals surface area contributed by atoms with Crippen molar-refractivity contribution in [3.8, 4) is 0 Å². The summed E-state index contributed by atoms with van der Waals surface area (Å²) >= 11 is 3.59. The van der Waals surface area contributed by atoms with Crippen LogP contribution in [0.2, 0.25) is 0 Å². The van der Waals surface area contributed by atoms with Crippen molar-refractivity contribution in [3.05, 3.63) is 33.8 Å². The summed E-state index contributed by atoms with van der Waals surface area (Å²) in [6, 6.07) is 6.01. The minimum Gasteiger partial charge on any atom is -0.380 e. The molecule has 4 heteroatoms. The number of halogens is 1. The molecule has 0 unspecified atom stereocenters. The second-order valence-corrected chi connectivity index (χ2v) is 5.50. The van der Waals surface area contributed by atoms with Gasteiger partial charge in [0.15, 0.2) is 0 Å². The first-order valence-electron chi connectivity index (χ1n) is 6.09. The van der Waals surface area contributed by atoms with Crippen molar-refractivity contribution >= 4 is 22.0 Å². The van der Waals surface area contributed by atoms with Crippen molar-refractivity contribution in [2.45, 2.75) is 37.8 Å². The summed E-state index contributed by atoms with van der Waals surface area (Å²) in [6.07, 6.45) is 5.76. The van der Waals surface area contributed by atoms with E-state index in [1.807, 2.05) is 18.2 Å². The highest BCUT2D eigenvalue weighted by Crippen LogP contribution is 2.46. The van der Waals surface area contributed by atoms with Gasteiger partial charge in [-0.1, -0.05) is 40.9 Å². The average molecular weight is 310 g/mol. The normalized spacial score (nSPS) is 17.4. The van der Waals surface area contributed by atoms with E-state index in [2.05, 4.69) is 20.9 Å². The predicted molar refractivity (Wildman–Crippen MR) is 73.1 cm³/mol. The number of carbonyl (C=O) groups excluding carboxylic acids is 1. The number of hydrogen-bond acceptors (Lipinski definition) is 3. The van der Waals surface area contributed by atoms with Gasteiger partial charge in [-0.25, -0.2) is 4.79 Å². The van der Waals surface area contributed by atoms with Crippen LogP contribution in [0.15, 0.2) is 27.7 Å². The molecule has 1 aromatic carbocycles. The van der Waals surface area contributed by atoms with Gasteiger partial charge in [-0.3, -0.25) is 0 Å². The molecule has 1 aliphatic carbocycles. The van der Waals surface area contributed by atoms with Gasteiger partial charge in [0.1, 0.15) is 0 Å². The fourth-order valence-electron chi connectivity index (χ4n) is 2.83. The largest absolute Gasteiger partial charge is 0.380 e. The van der Waals surface area contributed by atoms with E-state index in [4.69, 9.17) is 4.74 Å². The Hall–Kier alpha value is -0.960. The summed E-state index contributed by atoms with van der Waals surface area (Å²) in [5.41, 5.74) is 1.77. The molecule has 0 amide bonds. The number of ether oxygens (including phenoxy) is 1. The van der Waals surface area contributed by atoms with Crippen LogP contribution in [0.1, 0.15) is 36.8 Å². The van der Waals surface area contributed by atoms with Crippen LogP contribution in [-0.4, -0.2) is 13.2 Å². The van der Waals surface area contributed by atoms with Crippen molar-refractivity contribution < 1.29 is 9.53 Å². The lowest BCUT2D eigenvalue weighted by Gasteiger charge is -2.27. The van der Waals surface area contributed by atoms with Gasteiger partial charge in [0.2, 0.25) is 6.08 Å². The molecule has 0 heterocycles. The Balaban J connectivity index is 2.56. The van der Waals surface area contributed by atoms with E-state index >= 15 is 0 Å². The predicted octanol–water partition coefficient (Wildman–Crippen LogP) is 3.70. The van der Waals surface area contributed by atoms with Crippen molar-refractivity contribution in [2.24, 2.45) is 4.99 Å². The van der Waals surface area contributed by atoms with Gasteiger partial charge in [0.25, 0.3) is 0 Å². The molecular weight excluding hydrogens is 294 g/mol. The van der Waals surface area contributed by atoms with Gasteiger partial charge >= 0.3 is 0 Å². The molecule has 0 bridgehead atoms. The summed E-state index contributed by atoms with van der Waals surface area (Å²) < 4.78 is 6.24. The molecule has 0 spiro atoms. The molecule has 0 aliphatic heterocycles. The molecular formula is C14H16BrNO2. The van der Waals surface area contributed by atoms with Gasteiger partial charge in [0, 0.05) is 17.1 Å². The molecule has 0 aromatic heterocycles. The van der Waals surface area contributed by atoms with Crippen LogP contribution >= 0.6 is 15.9 Å². The van der Waals surface area contributed by atoms with E-state index in [1.54, 1.807) is 13.2 Å². The number of aliphatic imine (C=N–C) groups is 1. The van der Waals surface area contributed by atoms with Crippen LogP contribution in [0, 0.1) is 0 Å². The summed E-state index contributed by atoms with van der Waals surface area (Å²) in [6.45, 7) is 0.533. The summed E-state index contributed by atoms with van der Waals surface area (Å²) in [5, 5.41) is 0. The second kappa shape index (κ2) is 5.79. The van der Waals surface area contributed by atoms with E-state index in [1.165, 1.54) is 0 Å². The Bertz CT molecular complexity index is 475. The first kappa shape index (κ1) is 13.5. The van der Waals surface area contributed by atoms with Crippen LogP contribution in [0.5, 0.6) is 0 Å². The van der Waals surface area contributed by atoms with Gasteiger partial charge in [-0.05, 0) is 24.5 Å². The molecule has 3 nitrogen and oxygen atoms in total. The molecule has 0 atom stereocenters. The molecule has 0 N–H and O–H groups in total. The lowest BCUT2D eigenvalue weighted by atomic mass is 9.85. The summed E-state index contributed by atoms with van der Waals surface area (Å²) in [7, 11) is 1.68.